The number of benzene rings is 1. The summed E-state index contributed by atoms with van der Waals surface area (Å²) >= 11 is 0. The first-order valence-electron chi connectivity index (χ1n) is 13.2. The average molecular weight is 581 g/mol. The second-order valence-corrected chi connectivity index (χ2v) is 14.4. The molecule has 1 aliphatic carbocycles. The summed E-state index contributed by atoms with van der Waals surface area (Å²) in [5.74, 6) is -0.424. The zero-order valence-corrected chi connectivity index (χ0v) is 23.7. The maximum Gasteiger partial charge on any atom is 0.419 e. The van der Waals surface area contributed by atoms with Gasteiger partial charge in [-0.25, -0.2) is 14.4 Å². The third-order valence-electron chi connectivity index (χ3n) is 7.92. The van der Waals surface area contributed by atoms with Gasteiger partial charge >= 0.3 is 6.18 Å². The third-order valence-corrected chi connectivity index (χ3v) is 9.46. The Bertz CT molecular complexity index is 1490. The number of anilines is 1. The van der Waals surface area contributed by atoms with Crippen LogP contribution >= 0.6 is 7.14 Å². The quantitative estimate of drug-likeness (QED) is 0.312. The van der Waals surface area contributed by atoms with Gasteiger partial charge in [0.1, 0.15) is 18.9 Å². The van der Waals surface area contributed by atoms with E-state index >= 15 is 4.39 Å². The van der Waals surface area contributed by atoms with Crippen LogP contribution in [0.4, 0.5) is 23.5 Å². The van der Waals surface area contributed by atoms with Crippen LogP contribution in [0.3, 0.4) is 0 Å². The molecular formula is C27H33F4N6O2P. The van der Waals surface area contributed by atoms with E-state index in [0.717, 1.165) is 19.0 Å². The van der Waals surface area contributed by atoms with Gasteiger partial charge in [-0.2, -0.15) is 13.2 Å². The van der Waals surface area contributed by atoms with Crippen LogP contribution in [0.5, 0.6) is 0 Å². The highest BCUT2D eigenvalue weighted by molar-refractivity contribution is 7.70. The van der Waals surface area contributed by atoms with E-state index in [1.807, 2.05) is 7.05 Å². The van der Waals surface area contributed by atoms with E-state index in [4.69, 9.17) is 0 Å². The van der Waals surface area contributed by atoms with Crippen molar-refractivity contribution in [1.29, 1.82) is 0 Å². The lowest BCUT2D eigenvalue weighted by atomic mass is 10.0. The highest BCUT2D eigenvalue weighted by Crippen LogP contribution is 2.43. The number of rotatable bonds is 1. The molecule has 40 heavy (non-hydrogen) atoms. The molecule has 0 saturated heterocycles. The van der Waals surface area contributed by atoms with Crippen molar-refractivity contribution in [2.24, 2.45) is 0 Å². The van der Waals surface area contributed by atoms with Gasteiger partial charge < -0.3 is 24.7 Å². The van der Waals surface area contributed by atoms with Crippen molar-refractivity contribution in [3.8, 4) is 11.3 Å². The van der Waals surface area contributed by atoms with Gasteiger partial charge in [0, 0.05) is 54.3 Å². The van der Waals surface area contributed by atoms with E-state index in [1.54, 1.807) is 0 Å². The number of aromatic nitrogens is 3. The number of amides is 1. The molecule has 1 unspecified atom stereocenters. The number of alkyl halides is 4. The first-order valence-corrected chi connectivity index (χ1v) is 15.8. The van der Waals surface area contributed by atoms with Crippen molar-refractivity contribution in [3.05, 3.63) is 35.7 Å². The van der Waals surface area contributed by atoms with Crippen LogP contribution in [0.25, 0.3) is 22.2 Å². The zero-order valence-electron chi connectivity index (χ0n) is 22.8. The Kier molecular flexibility index (Phi) is 7.46. The van der Waals surface area contributed by atoms with Crippen LogP contribution in [0.1, 0.15) is 41.6 Å². The number of fused-ring (bicyclic) bond motifs is 7. The SMILES string of the molecule is CN1CC(F)CCN(C)[C@@H]2CC[C@H](C2)Nc2ncc(C(F)(F)F)c(n2)-c2c[nH]c3c(P(C)(C)=O)c(ccc23)C1=O. The predicted octanol–water partition coefficient (Wildman–Crippen LogP) is 4.97. The fourth-order valence-electron chi connectivity index (χ4n) is 5.85. The van der Waals surface area contributed by atoms with E-state index in [1.165, 1.54) is 43.6 Å². The number of aromatic amines is 1. The van der Waals surface area contributed by atoms with Gasteiger partial charge in [0.2, 0.25) is 5.95 Å². The van der Waals surface area contributed by atoms with Crippen molar-refractivity contribution in [2.45, 2.75) is 50.1 Å². The number of nitrogens with one attached hydrogen (secondary N) is 2. The van der Waals surface area contributed by atoms with E-state index in [2.05, 4.69) is 25.2 Å². The highest BCUT2D eigenvalue weighted by atomic mass is 31.2. The summed E-state index contributed by atoms with van der Waals surface area (Å²) in [5.41, 5.74) is -0.748. The van der Waals surface area contributed by atoms with Crippen LogP contribution in [0.15, 0.2) is 24.5 Å². The van der Waals surface area contributed by atoms with Gasteiger partial charge in [-0.3, -0.25) is 4.79 Å². The number of carbonyl (C=O) groups is 1. The molecular weight excluding hydrogens is 547 g/mol. The number of H-pyrrole nitrogens is 1. The molecule has 1 aromatic carbocycles. The molecule has 1 fully saturated rings. The minimum Gasteiger partial charge on any atom is -0.360 e. The fourth-order valence-corrected chi connectivity index (χ4v) is 7.32. The predicted molar refractivity (Wildman–Crippen MR) is 148 cm³/mol. The molecule has 8 bridgehead atoms. The lowest BCUT2D eigenvalue weighted by Gasteiger charge is -2.26. The number of hydrogen-bond acceptors (Lipinski definition) is 6. The van der Waals surface area contributed by atoms with Crippen molar-refractivity contribution in [3.63, 3.8) is 0 Å². The van der Waals surface area contributed by atoms with Gasteiger partial charge in [-0.05, 0) is 52.1 Å². The lowest BCUT2D eigenvalue weighted by Crippen LogP contribution is -2.37. The summed E-state index contributed by atoms with van der Waals surface area (Å²) in [6, 6.07) is 3.10. The first kappa shape index (κ1) is 28.5. The Hall–Kier alpha value is -2.98. The second-order valence-electron chi connectivity index (χ2n) is 11.3. The number of carbonyl (C=O) groups excluding carboxylic acids is 1. The van der Waals surface area contributed by atoms with Gasteiger partial charge in [-0.15, -0.1) is 0 Å². The molecule has 0 radical (unpaired) electrons. The minimum atomic E-state index is -4.72. The Morgan fingerprint density at radius 1 is 1.10 bits per heavy atom. The molecule has 1 saturated carbocycles. The summed E-state index contributed by atoms with van der Waals surface area (Å²) in [6.07, 6.45) is -1.24. The van der Waals surface area contributed by atoms with Gasteiger partial charge in [0.15, 0.2) is 0 Å². The lowest BCUT2D eigenvalue weighted by molar-refractivity contribution is -0.137. The van der Waals surface area contributed by atoms with Crippen LogP contribution in [0, 0.1) is 0 Å². The summed E-state index contributed by atoms with van der Waals surface area (Å²) < 4.78 is 70.9. The van der Waals surface area contributed by atoms with Crippen LogP contribution in [-0.4, -0.2) is 89.4 Å². The average Bonchev–Trinajstić information content (AvgIpc) is 3.51. The monoisotopic (exact) mass is 580 g/mol. The molecule has 4 heterocycles. The summed E-state index contributed by atoms with van der Waals surface area (Å²) in [4.78, 5) is 28.1. The Labute approximate surface area is 229 Å². The smallest absolute Gasteiger partial charge is 0.360 e. The molecule has 13 heteroatoms. The van der Waals surface area contributed by atoms with Crippen molar-refractivity contribution in [1.82, 2.24) is 24.8 Å². The van der Waals surface area contributed by atoms with E-state index < -0.39 is 31.0 Å². The molecule has 2 N–H and O–H groups in total. The normalized spacial score (nSPS) is 23.4. The molecule has 6 rings (SSSR count). The summed E-state index contributed by atoms with van der Waals surface area (Å²) in [5, 5.41) is 3.75. The first-order chi connectivity index (χ1) is 18.7. The highest BCUT2D eigenvalue weighted by Gasteiger charge is 2.37. The fraction of sp³-hybridized carbons (Fsp3) is 0.519. The van der Waals surface area contributed by atoms with Crippen LogP contribution in [0.2, 0.25) is 0 Å². The number of halogens is 4. The molecule has 3 aliphatic rings. The molecule has 216 valence electrons. The Morgan fingerprint density at radius 2 is 1.85 bits per heavy atom. The maximum atomic E-state index is 15.0. The van der Waals surface area contributed by atoms with E-state index in [0.29, 0.717) is 23.9 Å². The molecule has 1 amide bonds. The largest absolute Gasteiger partial charge is 0.419 e. The van der Waals surface area contributed by atoms with E-state index in [9.17, 15) is 22.5 Å². The van der Waals surface area contributed by atoms with Gasteiger partial charge in [-0.1, -0.05) is 6.07 Å². The molecule has 8 nitrogen and oxygen atoms in total. The van der Waals surface area contributed by atoms with Crippen molar-refractivity contribution >= 4 is 35.2 Å². The standard InChI is InChI=1S/C27H33F4N6O2P/c1-36-10-9-15(28)14-37(2)25(38)19-8-7-18-20(12-32-23(18)24(19)40(3,4)39)22-21(27(29,30)31)13-33-26(35-22)34-16-5-6-17(36)11-16/h7-8,12-13,15-17,32H,5-6,9-11,14H2,1-4H3,(H,33,34,35)/t15?,16-,17-/m1/s1. The molecule has 2 aromatic heterocycles. The summed E-state index contributed by atoms with van der Waals surface area (Å²) in [6.45, 7) is 3.34. The summed E-state index contributed by atoms with van der Waals surface area (Å²) in [7, 11) is 0.279. The van der Waals surface area contributed by atoms with E-state index in [-0.39, 0.29) is 53.1 Å². The molecule has 3 aromatic rings. The Morgan fingerprint density at radius 3 is 2.55 bits per heavy atom. The molecule has 0 spiro atoms. The number of nitrogens with zero attached hydrogens (tertiary/aromatic N) is 4. The van der Waals surface area contributed by atoms with Crippen LogP contribution < -0.4 is 10.6 Å². The Balaban J connectivity index is 1.71. The molecule has 3 atom stereocenters. The minimum absolute atomic E-state index is 0.0489. The van der Waals surface area contributed by atoms with Gasteiger partial charge in [0.25, 0.3) is 5.91 Å². The maximum absolute atomic E-state index is 15.0. The van der Waals surface area contributed by atoms with Crippen molar-refractivity contribution < 1.29 is 26.9 Å². The topological polar surface area (TPSA) is 94.2 Å². The van der Waals surface area contributed by atoms with Gasteiger partial charge in [0.05, 0.1) is 23.3 Å². The third kappa shape index (κ3) is 5.48. The second kappa shape index (κ2) is 10.4. The van der Waals surface area contributed by atoms with Crippen molar-refractivity contribution in [2.75, 3.05) is 45.8 Å². The molecule has 2 aliphatic heterocycles. The number of hydrogen-bond donors (Lipinski definition) is 2. The zero-order chi connectivity index (χ0) is 29.0. The van der Waals surface area contributed by atoms with Crippen LogP contribution in [-0.2, 0) is 10.7 Å².